The third-order valence-corrected chi connectivity index (χ3v) is 5.48. The smallest absolute Gasteiger partial charge is 0.225 e. The van der Waals surface area contributed by atoms with Gasteiger partial charge in [0.1, 0.15) is 0 Å². The molecular formula is C21H27N5O. The number of anilines is 2. The quantitative estimate of drug-likeness (QED) is 0.899. The molecular weight excluding hydrogens is 338 g/mol. The van der Waals surface area contributed by atoms with Crippen LogP contribution in [0.2, 0.25) is 0 Å². The number of carbonyl (C=O) groups is 1. The first kappa shape index (κ1) is 17.8. The van der Waals surface area contributed by atoms with Crippen LogP contribution in [-0.4, -0.2) is 48.1 Å². The number of nitrogens with one attached hydrogen (secondary N) is 1. The zero-order valence-electron chi connectivity index (χ0n) is 16.0. The lowest BCUT2D eigenvalue weighted by Gasteiger charge is -2.49. The molecule has 1 aromatic heterocycles. The predicted octanol–water partition coefficient (Wildman–Crippen LogP) is 2.12. The minimum absolute atomic E-state index is 0.0647. The molecule has 0 spiro atoms. The van der Waals surface area contributed by atoms with Crippen LogP contribution in [0.15, 0.2) is 42.7 Å². The maximum Gasteiger partial charge on any atom is 0.225 e. The number of hydrogen-bond acceptors (Lipinski definition) is 5. The third-order valence-electron chi connectivity index (χ3n) is 5.48. The summed E-state index contributed by atoms with van der Waals surface area (Å²) in [5, 5.41) is 3.15. The van der Waals surface area contributed by atoms with Crippen molar-refractivity contribution in [2.45, 2.75) is 26.3 Å². The second kappa shape index (κ2) is 7.55. The van der Waals surface area contributed by atoms with Crippen molar-refractivity contribution in [3.8, 4) is 0 Å². The summed E-state index contributed by atoms with van der Waals surface area (Å²) in [6.45, 7) is 7.45. The van der Waals surface area contributed by atoms with Crippen LogP contribution >= 0.6 is 0 Å². The van der Waals surface area contributed by atoms with Gasteiger partial charge in [0.2, 0.25) is 11.9 Å². The summed E-state index contributed by atoms with van der Waals surface area (Å²) in [6, 6.07) is 10.4. The molecule has 0 unspecified atom stereocenters. The minimum Gasteiger partial charge on any atom is -0.364 e. The highest BCUT2D eigenvalue weighted by Crippen LogP contribution is 2.36. The molecule has 1 saturated heterocycles. The number of carbonyl (C=O) groups excluding carboxylic acids is 1. The molecule has 2 aliphatic heterocycles. The Labute approximate surface area is 160 Å². The van der Waals surface area contributed by atoms with Crippen molar-refractivity contribution in [2.24, 2.45) is 11.8 Å². The van der Waals surface area contributed by atoms with Gasteiger partial charge in [-0.25, -0.2) is 9.97 Å². The molecule has 0 aliphatic carbocycles. The number of benzene rings is 1. The fourth-order valence-corrected chi connectivity index (χ4v) is 4.13. The first-order chi connectivity index (χ1) is 13.1. The molecule has 1 aromatic carbocycles. The van der Waals surface area contributed by atoms with Crippen LogP contribution in [0.3, 0.4) is 0 Å². The second-order valence-electron chi connectivity index (χ2n) is 7.83. The van der Waals surface area contributed by atoms with Gasteiger partial charge in [-0.2, -0.15) is 0 Å². The number of piperazine rings is 1. The van der Waals surface area contributed by atoms with Crippen LogP contribution < -0.4 is 15.1 Å². The Morgan fingerprint density at radius 2 is 1.96 bits per heavy atom. The highest BCUT2D eigenvalue weighted by atomic mass is 16.1. The summed E-state index contributed by atoms with van der Waals surface area (Å²) in [7, 11) is 0. The van der Waals surface area contributed by atoms with Crippen molar-refractivity contribution in [3.05, 3.63) is 48.3 Å². The van der Waals surface area contributed by atoms with E-state index in [4.69, 9.17) is 0 Å². The number of fused-ring (bicyclic) bond motifs is 3. The predicted molar refractivity (Wildman–Crippen MR) is 107 cm³/mol. The molecule has 6 heteroatoms. The summed E-state index contributed by atoms with van der Waals surface area (Å²) in [5.41, 5.74) is 2.53. The number of amides is 1. The lowest BCUT2D eigenvalue weighted by molar-refractivity contribution is -0.126. The van der Waals surface area contributed by atoms with Crippen LogP contribution in [-0.2, 0) is 11.2 Å². The van der Waals surface area contributed by atoms with E-state index in [1.54, 1.807) is 12.4 Å². The third kappa shape index (κ3) is 3.61. The number of para-hydroxylation sites is 1. The Kier molecular flexibility index (Phi) is 4.97. The largest absolute Gasteiger partial charge is 0.364 e. The molecule has 1 N–H and O–H groups in total. The molecule has 0 radical (unpaired) electrons. The summed E-state index contributed by atoms with van der Waals surface area (Å²) in [5.74, 6) is 1.29. The maximum absolute atomic E-state index is 13.0. The Balaban J connectivity index is 1.61. The molecule has 27 heavy (non-hydrogen) atoms. The number of nitrogens with zero attached hydrogens (tertiary/aromatic N) is 4. The van der Waals surface area contributed by atoms with Gasteiger partial charge in [0.25, 0.3) is 0 Å². The molecule has 1 amide bonds. The first-order valence-electron chi connectivity index (χ1n) is 9.77. The van der Waals surface area contributed by atoms with Gasteiger partial charge in [-0.3, -0.25) is 4.79 Å². The Morgan fingerprint density at radius 3 is 2.74 bits per heavy atom. The number of hydrogen-bond donors (Lipinski definition) is 1. The van der Waals surface area contributed by atoms with Crippen LogP contribution in [0.4, 0.5) is 11.6 Å². The highest BCUT2D eigenvalue weighted by Gasteiger charge is 2.41. The molecule has 3 heterocycles. The molecule has 142 valence electrons. The average molecular weight is 365 g/mol. The van der Waals surface area contributed by atoms with Crippen LogP contribution in [0, 0.1) is 11.8 Å². The van der Waals surface area contributed by atoms with E-state index in [2.05, 4.69) is 63.2 Å². The lowest BCUT2D eigenvalue weighted by atomic mass is 9.83. The molecule has 2 aliphatic rings. The van der Waals surface area contributed by atoms with Crippen LogP contribution in [0.5, 0.6) is 0 Å². The van der Waals surface area contributed by atoms with Gasteiger partial charge >= 0.3 is 0 Å². The molecule has 1 fully saturated rings. The van der Waals surface area contributed by atoms with Crippen LogP contribution in [0.1, 0.15) is 19.4 Å². The second-order valence-corrected chi connectivity index (χ2v) is 7.83. The normalized spacial score (nSPS) is 21.6. The van der Waals surface area contributed by atoms with E-state index >= 15 is 0 Å². The highest BCUT2D eigenvalue weighted by molar-refractivity contribution is 5.82. The van der Waals surface area contributed by atoms with Crippen molar-refractivity contribution >= 4 is 17.5 Å². The zero-order chi connectivity index (χ0) is 18.8. The maximum atomic E-state index is 13.0. The van der Waals surface area contributed by atoms with E-state index in [1.165, 1.54) is 11.3 Å². The molecule has 6 nitrogen and oxygen atoms in total. The van der Waals surface area contributed by atoms with Crippen molar-refractivity contribution in [3.63, 3.8) is 0 Å². The number of rotatable bonds is 4. The summed E-state index contributed by atoms with van der Waals surface area (Å²) in [4.78, 5) is 26.5. The monoisotopic (exact) mass is 365 g/mol. The van der Waals surface area contributed by atoms with E-state index < -0.39 is 0 Å². The Bertz CT molecular complexity index is 794. The summed E-state index contributed by atoms with van der Waals surface area (Å²) < 4.78 is 0. The molecule has 0 saturated carbocycles. The topological polar surface area (TPSA) is 61.4 Å². The summed E-state index contributed by atoms with van der Waals surface area (Å²) >= 11 is 0. The van der Waals surface area contributed by atoms with Gasteiger partial charge in [0.15, 0.2) is 0 Å². The van der Waals surface area contributed by atoms with E-state index in [-0.39, 0.29) is 17.9 Å². The number of aromatic nitrogens is 2. The Morgan fingerprint density at radius 1 is 1.19 bits per heavy atom. The van der Waals surface area contributed by atoms with Gasteiger partial charge in [-0.15, -0.1) is 0 Å². The molecule has 4 rings (SSSR count). The fraction of sp³-hybridized carbons (Fsp3) is 0.476. The van der Waals surface area contributed by atoms with E-state index in [0.29, 0.717) is 5.92 Å². The SMILES string of the molecule is CC(C)CNC(=O)[C@H]1Cc2ccccc2N2CCN(c3ncccn3)C[C@H]12. The van der Waals surface area contributed by atoms with E-state index in [0.717, 1.165) is 38.5 Å². The average Bonchev–Trinajstić information content (AvgIpc) is 2.71. The standard InChI is InChI=1S/C21H27N5O/c1-15(2)13-24-20(27)17-12-16-6-3-4-7-18(16)26-11-10-25(14-19(17)26)21-22-8-5-9-23-21/h3-9,15,17,19H,10-14H2,1-2H3,(H,24,27)/t17-,19+/m0/s1. The summed E-state index contributed by atoms with van der Waals surface area (Å²) in [6.07, 6.45) is 4.33. The van der Waals surface area contributed by atoms with Gasteiger partial charge in [0.05, 0.1) is 12.0 Å². The van der Waals surface area contributed by atoms with Crippen molar-refractivity contribution < 1.29 is 4.79 Å². The van der Waals surface area contributed by atoms with Crippen molar-refractivity contribution in [2.75, 3.05) is 36.0 Å². The molecule has 2 aromatic rings. The van der Waals surface area contributed by atoms with Crippen LogP contribution in [0.25, 0.3) is 0 Å². The van der Waals surface area contributed by atoms with E-state index in [1.807, 2.05) is 6.07 Å². The first-order valence-corrected chi connectivity index (χ1v) is 9.77. The van der Waals surface area contributed by atoms with E-state index in [9.17, 15) is 4.79 Å². The molecule has 2 atom stereocenters. The Hall–Kier alpha value is -2.63. The fourth-order valence-electron chi connectivity index (χ4n) is 4.13. The van der Waals surface area contributed by atoms with Gasteiger partial charge in [0, 0.05) is 44.3 Å². The van der Waals surface area contributed by atoms with Gasteiger partial charge in [-0.05, 0) is 30.0 Å². The lowest BCUT2D eigenvalue weighted by Crippen LogP contribution is -2.61. The van der Waals surface area contributed by atoms with Crippen molar-refractivity contribution in [1.82, 2.24) is 15.3 Å². The van der Waals surface area contributed by atoms with Gasteiger partial charge < -0.3 is 15.1 Å². The minimum atomic E-state index is -0.0647. The molecule has 0 bridgehead atoms. The van der Waals surface area contributed by atoms with Crippen molar-refractivity contribution in [1.29, 1.82) is 0 Å². The van der Waals surface area contributed by atoms with Gasteiger partial charge in [-0.1, -0.05) is 32.0 Å². The zero-order valence-corrected chi connectivity index (χ0v) is 16.0.